The molecule has 24 heavy (non-hydrogen) atoms. The fraction of sp³-hybridized carbons (Fsp3) is 0.588. The second kappa shape index (κ2) is 6.82. The van der Waals surface area contributed by atoms with Gasteiger partial charge in [-0.1, -0.05) is 6.07 Å². The SMILES string of the molecule is Cc1ccc(S(=O)(=O)N2CCN(C(=O)C3CCNC3)CC2)cc1C. The number of carbonyl (C=O) groups is 1. The standard InChI is InChI=1S/C17H25N3O3S/c1-13-3-4-16(11-14(13)2)24(22,23)20-9-7-19(8-10-20)17(21)15-5-6-18-12-15/h3-4,11,15,18H,5-10,12H2,1-2H3. The molecule has 1 amide bonds. The van der Waals surface area contributed by atoms with E-state index < -0.39 is 10.0 Å². The van der Waals surface area contributed by atoms with E-state index in [9.17, 15) is 13.2 Å². The van der Waals surface area contributed by atoms with Gasteiger partial charge in [0.05, 0.1) is 10.8 Å². The fourth-order valence-corrected chi connectivity index (χ4v) is 4.80. The summed E-state index contributed by atoms with van der Waals surface area (Å²) in [4.78, 5) is 14.6. The second-order valence-corrected chi connectivity index (χ2v) is 8.60. The Labute approximate surface area is 143 Å². The van der Waals surface area contributed by atoms with Crippen LogP contribution in [0.4, 0.5) is 0 Å². The molecular weight excluding hydrogens is 326 g/mol. The lowest BCUT2D eigenvalue weighted by atomic mass is 10.1. The molecule has 0 bridgehead atoms. The number of nitrogens with zero attached hydrogens (tertiary/aromatic N) is 2. The first-order chi connectivity index (χ1) is 11.4. The lowest BCUT2D eigenvalue weighted by Crippen LogP contribution is -2.52. The number of sulfonamides is 1. The second-order valence-electron chi connectivity index (χ2n) is 6.67. The van der Waals surface area contributed by atoms with E-state index in [1.807, 2.05) is 24.8 Å². The minimum atomic E-state index is -3.49. The van der Waals surface area contributed by atoms with Gasteiger partial charge in [0, 0.05) is 32.7 Å². The van der Waals surface area contributed by atoms with Crippen LogP contribution in [-0.2, 0) is 14.8 Å². The van der Waals surface area contributed by atoms with Crippen molar-refractivity contribution >= 4 is 15.9 Å². The van der Waals surface area contributed by atoms with Gasteiger partial charge in [-0.3, -0.25) is 4.79 Å². The van der Waals surface area contributed by atoms with E-state index in [4.69, 9.17) is 0 Å². The molecule has 1 aromatic carbocycles. The number of benzene rings is 1. The van der Waals surface area contributed by atoms with Crippen LogP contribution in [0, 0.1) is 19.8 Å². The summed E-state index contributed by atoms with van der Waals surface area (Å²) in [6.07, 6.45) is 0.875. The number of piperazine rings is 1. The Bertz CT molecular complexity index is 719. The molecule has 1 N–H and O–H groups in total. The molecule has 0 radical (unpaired) electrons. The molecule has 0 aromatic heterocycles. The Morgan fingerprint density at radius 3 is 2.42 bits per heavy atom. The van der Waals surface area contributed by atoms with Crippen LogP contribution in [-0.4, -0.2) is 62.8 Å². The highest BCUT2D eigenvalue weighted by molar-refractivity contribution is 7.89. The first-order valence-electron chi connectivity index (χ1n) is 8.46. The molecule has 2 fully saturated rings. The largest absolute Gasteiger partial charge is 0.340 e. The Morgan fingerprint density at radius 1 is 1.12 bits per heavy atom. The summed E-state index contributed by atoms with van der Waals surface area (Å²) >= 11 is 0. The van der Waals surface area contributed by atoms with Crippen LogP contribution in [0.1, 0.15) is 17.5 Å². The van der Waals surface area contributed by atoms with Gasteiger partial charge in [-0.05, 0) is 50.1 Å². The molecule has 0 aliphatic carbocycles. The highest BCUT2D eigenvalue weighted by Gasteiger charge is 2.33. The summed E-state index contributed by atoms with van der Waals surface area (Å²) in [6, 6.07) is 5.24. The molecule has 3 rings (SSSR count). The maximum absolute atomic E-state index is 12.8. The number of hydrogen-bond donors (Lipinski definition) is 1. The fourth-order valence-electron chi connectivity index (χ4n) is 3.30. The minimum absolute atomic E-state index is 0.0490. The number of aryl methyl sites for hydroxylation is 2. The Balaban J connectivity index is 1.67. The van der Waals surface area contributed by atoms with E-state index in [0.717, 1.165) is 30.6 Å². The minimum Gasteiger partial charge on any atom is -0.340 e. The van der Waals surface area contributed by atoms with Crippen molar-refractivity contribution in [2.24, 2.45) is 5.92 Å². The zero-order chi connectivity index (χ0) is 17.3. The number of amides is 1. The van der Waals surface area contributed by atoms with Gasteiger partial charge in [0.2, 0.25) is 15.9 Å². The van der Waals surface area contributed by atoms with E-state index in [1.165, 1.54) is 4.31 Å². The molecule has 132 valence electrons. The zero-order valence-corrected chi connectivity index (χ0v) is 15.1. The molecule has 6 nitrogen and oxygen atoms in total. The van der Waals surface area contributed by atoms with Crippen LogP contribution in [0.15, 0.2) is 23.1 Å². The molecule has 1 atom stereocenters. The van der Waals surface area contributed by atoms with Crippen LogP contribution in [0.3, 0.4) is 0 Å². The zero-order valence-electron chi connectivity index (χ0n) is 14.3. The maximum atomic E-state index is 12.8. The summed E-state index contributed by atoms with van der Waals surface area (Å²) in [7, 11) is -3.49. The molecule has 2 aliphatic rings. The van der Waals surface area contributed by atoms with E-state index >= 15 is 0 Å². The van der Waals surface area contributed by atoms with Crippen molar-refractivity contribution in [2.45, 2.75) is 25.2 Å². The highest BCUT2D eigenvalue weighted by Crippen LogP contribution is 2.21. The number of nitrogens with one attached hydrogen (secondary N) is 1. The lowest BCUT2D eigenvalue weighted by Gasteiger charge is -2.35. The van der Waals surface area contributed by atoms with Crippen molar-refractivity contribution in [1.82, 2.24) is 14.5 Å². The van der Waals surface area contributed by atoms with Crippen molar-refractivity contribution in [3.05, 3.63) is 29.3 Å². The van der Waals surface area contributed by atoms with Gasteiger partial charge in [0.25, 0.3) is 0 Å². The normalized spacial score (nSPS) is 22.8. The van der Waals surface area contributed by atoms with E-state index in [-0.39, 0.29) is 11.8 Å². The Hall–Kier alpha value is -1.44. The predicted molar refractivity (Wildman–Crippen MR) is 92.2 cm³/mol. The predicted octanol–water partition coefficient (Wildman–Crippen LogP) is 0.746. The third kappa shape index (κ3) is 3.34. The van der Waals surface area contributed by atoms with Crippen molar-refractivity contribution in [1.29, 1.82) is 0 Å². The number of hydrogen-bond acceptors (Lipinski definition) is 4. The van der Waals surface area contributed by atoms with Gasteiger partial charge >= 0.3 is 0 Å². The molecule has 0 saturated carbocycles. The van der Waals surface area contributed by atoms with Crippen LogP contribution in [0.2, 0.25) is 0 Å². The quantitative estimate of drug-likeness (QED) is 0.872. The molecule has 1 aromatic rings. The third-order valence-corrected chi connectivity index (χ3v) is 6.97. The molecule has 1 unspecified atom stereocenters. The van der Waals surface area contributed by atoms with Gasteiger partial charge in [0.1, 0.15) is 0 Å². The van der Waals surface area contributed by atoms with Gasteiger partial charge < -0.3 is 10.2 Å². The first-order valence-corrected chi connectivity index (χ1v) is 9.90. The number of rotatable bonds is 3. The van der Waals surface area contributed by atoms with Gasteiger partial charge in [-0.25, -0.2) is 8.42 Å². The smallest absolute Gasteiger partial charge is 0.243 e. The van der Waals surface area contributed by atoms with E-state index in [2.05, 4.69) is 5.32 Å². The summed E-state index contributed by atoms with van der Waals surface area (Å²) in [5.41, 5.74) is 2.05. The highest BCUT2D eigenvalue weighted by atomic mass is 32.2. The average molecular weight is 351 g/mol. The lowest BCUT2D eigenvalue weighted by molar-refractivity contribution is -0.136. The summed E-state index contributed by atoms with van der Waals surface area (Å²) < 4.78 is 27.1. The van der Waals surface area contributed by atoms with Gasteiger partial charge in [0.15, 0.2) is 0 Å². The van der Waals surface area contributed by atoms with Crippen molar-refractivity contribution < 1.29 is 13.2 Å². The van der Waals surface area contributed by atoms with Crippen LogP contribution >= 0.6 is 0 Å². The third-order valence-electron chi connectivity index (χ3n) is 5.08. The average Bonchev–Trinajstić information content (AvgIpc) is 3.11. The van der Waals surface area contributed by atoms with Gasteiger partial charge in [-0.15, -0.1) is 0 Å². The van der Waals surface area contributed by atoms with Crippen molar-refractivity contribution in [3.8, 4) is 0 Å². The van der Waals surface area contributed by atoms with E-state index in [1.54, 1.807) is 12.1 Å². The molecular formula is C17H25N3O3S. The summed E-state index contributed by atoms with van der Waals surface area (Å²) in [5.74, 6) is 0.205. The summed E-state index contributed by atoms with van der Waals surface area (Å²) in [6.45, 7) is 7.17. The van der Waals surface area contributed by atoms with Crippen LogP contribution in [0.5, 0.6) is 0 Å². The molecule has 2 aliphatic heterocycles. The maximum Gasteiger partial charge on any atom is 0.243 e. The topological polar surface area (TPSA) is 69.7 Å². The summed E-state index contributed by atoms with van der Waals surface area (Å²) in [5, 5.41) is 3.20. The molecule has 2 heterocycles. The molecule has 0 spiro atoms. The number of carbonyl (C=O) groups excluding carboxylic acids is 1. The van der Waals surface area contributed by atoms with Crippen molar-refractivity contribution in [2.75, 3.05) is 39.3 Å². The monoisotopic (exact) mass is 351 g/mol. The molecule has 7 heteroatoms. The Morgan fingerprint density at radius 2 is 1.83 bits per heavy atom. The van der Waals surface area contributed by atoms with Crippen LogP contribution < -0.4 is 5.32 Å². The van der Waals surface area contributed by atoms with E-state index in [0.29, 0.717) is 31.1 Å². The van der Waals surface area contributed by atoms with Gasteiger partial charge in [-0.2, -0.15) is 4.31 Å². The van der Waals surface area contributed by atoms with Crippen molar-refractivity contribution in [3.63, 3.8) is 0 Å². The first kappa shape index (κ1) is 17.4. The molecule has 2 saturated heterocycles. The van der Waals surface area contributed by atoms with Crippen LogP contribution in [0.25, 0.3) is 0 Å². The Kier molecular flexibility index (Phi) is 4.94.